The quantitative estimate of drug-likeness (QED) is 0.692. The molecule has 0 fully saturated rings. The van der Waals surface area contributed by atoms with Gasteiger partial charge >= 0.3 is 0 Å². The molecule has 0 spiro atoms. The van der Waals surface area contributed by atoms with Crippen LogP contribution in [0.5, 0.6) is 5.75 Å². The molecular weight excluding hydrogens is 278 g/mol. The molecule has 4 nitrogen and oxygen atoms in total. The number of anilines is 1. The van der Waals surface area contributed by atoms with Crippen molar-refractivity contribution < 1.29 is 4.74 Å². The van der Waals surface area contributed by atoms with Crippen molar-refractivity contribution in [1.29, 1.82) is 0 Å². The van der Waals surface area contributed by atoms with Crippen LogP contribution in [0.1, 0.15) is 5.69 Å². The Balaban J connectivity index is 2.11. The van der Waals surface area contributed by atoms with E-state index in [1.807, 2.05) is 12.1 Å². The van der Waals surface area contributed by atoms with Crippen molar-refractivity contribution in [2.24, 2.45) is 0 Å². The maximum Gasteiger partial charge on any atom is 0.138 e. The summed E-state index contributed by atoms with van der Waals surface area (Å²) in [5.41, 5.74) is 7.16. The van der Waals surface area contributed by atoms with Crippen molar-refractivity contribution in [2.45, 2.75) is 10.6 Å². The minimum absolute atomic E-state index is 0.631. The van der Waals surface area contributed by atoms with Crippen LogP contribution in [0.3, 0.4) is 0 Å². The first kappa shape index (κ1) is 12.5. The Labute approximate surface area is 112 Å². The fraction of sp³-hybridized carbons (Fsp3) is 0.200. The third-order valence-electron chi connectivity index (χ3n) is 2.06. The predicted molar refractivity (Wildman–Crippen MR) is 71.9 cm³/mol. The van der Waals surface area contributed by atoms with Crippen LogP contribution in [0.25, 0.3) is 0 Å². The van der Waals surface area contributed by atoms with E-state index in [0.29, 0.717) is 15.8 Å². The highest BCUT2D eigenvalue weighted by molar-refractivity contribution is 7.98. The number of hydrogen-bond donors (Lipinski definition) is 1. The Hall–Kier alpha value is -0.980. The second kappa shape index (κ2) is 5.57. The monoisotopic (exact) mass is 287 g/mol. The molecule has 0 radical (unpaired) electrons. The molecule has 0 unspecified atom stereocenters. The first-order chi connectivity index (χ1) is 8.20. The van der Waals surface area contributed by atoms with Crippen molar-refractivity contribution in [3.63, 3.8) is 0 Å². The van der Waals surface area contributed by atoms with Gasteiger partial charge in [0.2, 0.25) is 0 Å². The number of ether oxygens (including phenoxy) is 1. The molecule has 0 aliphatic heterocycles. The highest BCUT2D eigenvalue weighted by Crippen LogP contribution is 2.34. The summed E-state index contributed by atoms with van der Waals surface area (Å²) in [6.45, 7) is 0. The average Bonchev–Trinajstić information content (AvgIpc) is 2.73. The molecule has 90 valence electrons. The van der Waals surface area contributed by atoms with Gasteiger partial charge in [-0.25, -0.2) is 0 Å². The summed E-state index contributed by atoms with van der Waals surface area (Å²) in [6.07, 6.45) is 0. The van der Waals surface area contributed by atoms with Crippen LogP contribution in [-0.4, -0.2) is 16.7 Å². The first-order valence-electron chi connectivity index (χ1n) is 4.73. The van der Waals surface area contributed by atoms with E-state index in [1.165, 1.54) is 11.5 Å². The molecule has 0 atom stereocenters. The SMILES string of the molecule is COc1cc(N)ccc1SCc1nnsc1Cl. The molecule has 0 bridgehead atoms. The van der Waals surface area contributed by atoms with E-state index < -0.39 is 0 Å². The molecule has 7 heteroatoms. The molecule has 1 aromatic heterocycles. The molecule has 2 N–H and O–H groups in total. The molecule has 0 saturated heterocycles. The minimum Gasteiger partial charge on any atom is -0.496 e. The molecule has 0 saturated carbocycles. The number of nitrogen functional groups attached to an aromatic ring is 1. The topological polar surface area (TPSA) is 61.0 Å². The third-order valence-corrected chi connectivity index (χ3v) is 4.11. The van der Waals surface area contributed by atoms with Crippen molar-refractivity contribution in [1.82, 2.24) is 9.59 Å². The number of hydrogen-bond acceptors (Lipinski definition) is 6. The van der Waals surface area contributed by atoms with Crippen molar-refractivity contribution >= 4 is 40.6 Å². The lowest BCUT2D eigenvalue weighted by Gasteiger charge is -2.07. The predicted octanol–water partition coefficient (Wildman–Crippen LogP) is 3.07. The molecule has 2 aromatic rings. The van der Waals surface area contributed by atoms with Crippen molar-refractivity contribution in [2.75, 3.05) is 12.8 Å². The molecule has 0 amide bonds. The van der Waals surface area contributed by atoms with Gasteiger partial charge in [-0.1, -0.05) is 16.1 Å². The van der Waals surface area contributed by atoms with Crippen LogP contribution in [0.4, 0.5) is 5.69 Å². The summed E-state index contributed by atoms with van der Waals surface area (Å²) in [6, 6.07) is 5.56. The number of halogens is 1. The van der Waals surface area contributed by atoms with E-state index >= 15 is 0 Å². The number of nitrogens with zero attached hydrogens (tertiary/aromatic N) is 2. The Morgan fingerprint density at radius 2 is 2.35 bits per heavy atom. The number of rotatable bonds is 4. The summed E-state index contributed by atoms with van der Waals surface area (Å²) in [5, 5.41) is 3.95. The normalized spacial score (nSPS) is 10.5. The molecule has 1 heterocycles. The van der Waals surface area contributed by atoms with E-state index in [1.54, 1.807) is 24.9 Å². The number of benzene rings is 1. The van der Waals surface area contributed by atoms with Crippen LogP contribution < -0.4 is 10.5 Å². The molecule has 0 aliphatic rings. The smallest absolute Gasteiger partial charge is 0.138 e. The second-order valence-corrected chi connectivity index (χ2v) is 5.57. The number of nitrogens with two attached hydrogens (primary N) is 1. The van der Waals surface area contributed by atoms with Gasteiger partial charge in [0.05, 0.1) is 7.11 Å². The van der Waals surface area contributed by atoms with E-state index in [9.17, 15) is 0 Å². The van der Waals surface area contributed by atoms with E-state index in [2.05, 4.69) is 9.59 Å². The number of aromatic nitrogens is 2. The summed E-state index contributed by atoms with van der Waals surface area (Å²) in [4.78, 5) is 1.01. The Morgan fingerprint density at radius 1 is 1.53 bits per heavy atom. The van der Waals surface area contributed by atoms with Gasteiger partial charge in [-0.15, -0.1) is 16.9 Å². The second-order valence-electron chi connectivity index (χ2n) is 3.19. The highest BCUT2D eigenvalue weighted by Gasteiger charge is 2.09. The minimum atomic E-state index is 0.631. The standard InChI is InChI=1S/C10H10ClN3OS2/c1-15-8-4-6(12)2-3-9(8)16-5-7-10(11)17-14-13-7/h2-4H,5,12H2,1H3. The van der Waals surface area contributed by atoms with Gasteiger partial charge in [0.25, 0.3) is 0 Å². The lowest BCUT2D eigenvalue weighted by atomic mass is 10.3. The lowest BCUT2D eigenvalue weighted by Crippen LogP contribution is -1.91. The summed E-state index contributed by atoms with van der Waals surface area (Å²) >= 11 is 8.72. The average molecular weight is 288 g/mol. The van der Waals surface area contributed by atoms with Gasteiger partial charge in [0.1, 0.15) is 15.8 Å². The van der Waals surface area contributed by atoms with Crippen LogP contribution >= 0.6 is 34.9 Å². The molecular formula is C10H10ClN3OS2. The summed E-state index contributed by atoms with van der Waals surface area (Å²) < 4.78 is 9.68. The van der Waals surface area contributed by atoms with Gasteiger partial charge in [-0.3, -0.25) is 0 Å². The number of thioether (sulfide) groups is 1. The van der Waals surface area contributed by atoms with Gasteiger partial charge in [-0.2, -0.15) is 0 Å². The third kappa shape index (κ3) is 3.02. The lowest BCUT2D eigenvalue weighted by molar-refractivity contribution is 0.405. The van der Waals surface area contributed by atoms with E-state index in [0.717, 1.165) is 16.3 Å². The maximum absolute atomic E-state index is 5.93. The zero-order valence-electron chi connectivity index (χ0n) is 9.01. The van der Waals surface area contributed by atoms with Crippen molar-refractivity contribution in [3.8, 4) is 5.75 Å². The highest BCUT2D eigenvalue weighted by atomic mass is 35.5. The zero-order valence-corrected chi connectivity index (χ0v) is 11.4. The van der Waals surface area contributed by atoms with Crippen LogP contribution in [0, 0.1) is 0 Å². The first-order valence-corrected chi connectivity index (χ1v) is 6.87. The number of methoxy groups -OCH3 is 1. The summed E-state index contributed by atoms with van der Waals surface area (Å²) in [7, 11) is 1.62. The van der Waals surface area contributed by atoms with Gasteiger partial charge < -0.3 is 10.5 Å². The Morgan fingerprint density at radius 3 is 3.00 bits per heavy atom. The molecule has 17 heavy (non-hydrogen) atoms. The Kier molecular flexibility index (Phi) is 4.09. The van der Waals surface area contributed by atoms with Crippen LogP contribution in [0.15, 0.2) is 23.1 Å². The molecule has 0 aliphatic carbocycles. The van der Waals surface area contributed by atoms with E-state index in [-0.39, 0.29) is 0 Å². The fourth-order valence-corrected chi connectivity index (χ4v) is 2.97. The molecule has 1 aromatic carbocycles. The largest absolute Gasteiger partial charge is 0.496 e. The van der Waals surface area contributed by atoms with Gasteiger partial charge in [0.15, 0.2) is 0 Å². The van der Waals surface area contributed by atoms with Crippen LogP contribution in [-0.2, 0) is 5.75 Å². The van der Waals surface area contributed by atoms with Gasteiger partial charge in [-0.05, 0) is 12.1 Å². The van der Waals surface area contributed by atoms with Crippen LogP contribution in [0.2, 0.25) is 4.34 Å². The Bertz CT molecular complexity index is 518. The fourth-order valence-electron chi connectivity index (χ4n) is 1.23. The molecule has 2 rings (SSSR count). The summed E-state index contributed by atoms with van der Waals surface area (Å²) in [5.74, 6) is 1.42. The van der Waals surface area contributed by atoms with E-state index in [4.69, 9.17) is 22.1 Å². The van der Waals surface area contributed by atoms with Gasteiger partial charge in [0, 0.05) is 33.9 Å². The zero-order chi connectivity index (χ0) is 12.3. The van der Waals surface area contributed by atoms with Crippen molar-refractivity contribution in [3.05, 3.63) is 28.2 Å². The maximum atomic E-state index is 5.93.